The van der Waals surface area contributed by atoms with Gasteiger partial charge in [-0.3, -0.25) is 14.5 Å². The Morgan fingerprint density at radius 1 is 1.38 bits per heavy atom. The lowest BCUT2D eigenvalue weighted by atomic mass is 9.97. The van der Waals surface area contributed by atoms with Crippen molar-refractivity contribution >= 4 is 28.3 Å². The minimum atomic E-state index is -0.318. The smallest absolute Gasteiger partial charge is 0.229 e. The molecular formula is C18H22N4O3S. The number of hydrogen-bond acceptors (Lipinski definition) is 6. The second kappa shape index (κ2) is 6.19. The molecule has 8 heteroatoms. The van der Waals surface area contributed by atoms with Crippen LogP contribution in [0.5, 0.6) is 0 Å². The molecule has 0 aromatic carbocycles. The molecule has 0 saturated carbocycles. The van der Waals surface area contributed by atoms with Crippen LogP contribution in [0.25, 0.3) is 0 Å². The van der Waals surface area contributed by atoms with E-state index >= 15 is 0 Å². The molecule has 2 amide bonds. The lowest BCUT2D eigenvalue weighted by Gasteiger charge is -2.27. The van der Waals surface area contributed by atoms with Crippen molar-refractivity contribution in [2.45, 2.75) is 45.6 Å². The number of fused-ring (bicyclic) bond motifs is 1. The molecule has 4 rings (SSSR count). The van der Waals surface area contributed by atoms with Gasteiger partial charge in [-0.25, -0.2) is 9.97 Å². The highest BCUT2D eigenvalue weighted by atomic mass is 32.1. The number of oxazole rings is 1. The van der Waals surface area contributed by atoms with Crippen LogP contribution >= 0.6 is 11.3 Å². The Morgan fingerprint density at radius 2 is 2.19 bits per heavy atom. The molecule has 0 radical (unpaired) electrons. The molecule has 26 heavy (non-hydrogen) atoms. The molecule has 138 valence electrons. The maximum Gasteiger partial charge on any atom is 0.229 e. The minimum Gasteiger partial charge on any atom is -0.445 e. The van der Waals surface area contributed by atoms with Gasteiger partial charge in [0.05, 0.1) is 12.5 Å². The molecule has 0 N–H and O–H groups in total. The minimum absolute atomic E-state index is 0.0170. The fraction of sp³-hybridized carbons (Fsp3) is 0.556. The van der Waals surface area contributed by atoms with E-state index in [0.717, 1.165) is 11.5 Å². The fourth-order valence-corrected chi connectivity index (χ4v) is 4.04. The summed E-state index contributed by atoms with van der Waals surface area (Å²) in [5.41, 5.74) is 0.689. The second-order valence-electron chi connectivity index (χ2n) is 7.87. The summed E-state index contributed by atoms with van der Waals surface area (Å²) in [6, 6.07) is 0. The molecule has 4 heterocycles. The van der Waals surface area contributed by atoms with Gasteiger partial charge in [-0.05, 0) is 0 Å². The number of nitrogens with zero attached hydrogens (tertiary/aromatic N) is 4. The molecule has 1 unspecified atom stereocenters. The van der Waals surface area contributed by atoms with Crippen LogP contribution < -0.4 is 4.90 Å². The number of carbonyl (C=O) groups is 2. The molecule has 1 saturated heterocycles. The Bertz CT molecular complexity index is 837. The second-order valence-corrected chi connectivity index (χ2v) is 8.74. The predicted molar refractivity (Wildman–Crippen MR) is 96.9 cm³/mol. The molecule has 2 aromatic rings. The highest BCUT2D eigenvalue weighted by Gasteiger charge is 2.39. The Hall–Kier alpha value is -2.22. The van der Waals surface area contributed by atoms with Crippen molar-refractivity contribution in [1.82, 2.24) is 14.9 Å². The van der Waals surface area contributed by atoms with Crippen molar-refractivity contribution in [3.8, 4) is 0 Å². The van der Waals surface area contributed by atoms with E-state index in [1.807, 2.05) is 5.38 Å². The topological polar surface area (TPSA) is 79.5 Å². The highest BCUT2D eigenvalue weighted by Crippen LogP contribution is 2.31. The maximum absolute atomic E-state index is 12.9. The van der Waals surface area contributed by atoms with E-state index in [1.165, 1.54) is 11.3 Å². The number of anilines is 1. The Kier molecular flexibility index (Phi) is 4.10. The first-order chi connectivity index (χ1) is 12.3. The van der Waals surface area contributed by atoms with E-state index in [9.17, 15) is 9.59 Å². The van der Waals surface area contributed by atoms with Crippen LogP contribution in [0.2, 0.25) is 0 Å². The molecule has 0 bridgehead atoms. The van der Waals surface area contributed by atoms with Crippen LogP contribution in [0, 0.1) is 5.92 Å². The Labute approximate surface area is 156 Å². The van der Waals surface area contributed by atoms with Gasteiger partial charge in [-0.1, -0.05) is 20.8 Å². The van der Waals surface area contributed by atoms with Gasteiger partial charge < -0.3 is 9.32 Å². The van der Waals surface area contributed by atoms with E-state index in [0.29, 0.717) is 37.1 Å². The van der Waals surface area contributed by atoms with Crippen molar-refractivity contribution in [3.05, 3.63) is 28.9 Å². The van der Waals surface area contributed by atoms with Crippen LogP contribution in [0.15, 0.2) is 16.0 Å². The van der Waals surface area contributed by atoms with Gasteiger partial charge >= 0.3 is 0 Å². The number of hydrogen-bond donors (Lipinski definition) is 0. The summed E-state index contributed by atoms with van der Waals surface area (Å²) in [7, 11) is 0. The summed E-state index contributed by atoms with van der Waals surface area (Å²) in [4.78, 5) is 37.4. The zero-order chi connectivity index (χ0) is 18.5. The van der Waals surface area contributed by atoms with E-state index in [1.54, 1.807) is 16.0 Å². The van der Waals surface area contributed by atoms with Gasteiger partial charge in [0.25, 0.3) is 0 Å². The number of rotatable bonds is 2. The molecule has 0 aliphatic carbocycles. The van der Waals surface area contributed by atoms with Gasteiger partial charge in [-0.2, -0.15) is 0 Å². The van der Waals surface area contributed by atoms with E-state index < -0.39 is 0 Å². The summed E-state index contributed by atoms with van der Waals surface area (Å²) in [6.07, 6.45) is 2.58. The maximum atomic E-state index is 12.9. The lowest BCUT2D eigenvalue weighted by Crippen LogP contribution is -2.40. The first-order valence-electron chi connectivity index (χ1n) is 8.80. The van der Waals surface area contributed by atoms with Gasteiger partial charge in [0.2, 0.25) is 11.8 Å². The van der Waals surface area contributed by atoms with Crippen LogP contribution in [0.3, 0.4) is 0 Å². The van der Waals surface area contributed by atoms with E-state index in [4.69, 9.17) is 4.42 Å². The molecule has 7 nitrogen and oxygen atoms in total. The molecule has 1 fully saturated rings. The average molecular weight is 374 g/mol. The first kappa shape index (κ1) is 17.2. The Balaban J connectivity index is 1.47. The van der Waals surface area contributed by atoms with Gasteiger partial charge in [0.1, 0.15) is 11.5 Å². The van der Waals surface area contributed by atoms with Gasteiger partial charge in [0.15, 0.2) is 11.0 Å². The SMILES string of the molecule is CC(C)(C)c1nc2c(o1)CCN(C(=O)C1CC(=O)N(c3nccs3)C1)C2. The zero-order valence-corrected chi connectivity index (χ0v) is 16.0. The number of amides is 2. The van der Waals surface area contributed by atoms with Crippen LogP contribution in [0.4, 0.5) is 5.13 Å². The van der Waals surface area contributed by atoms with Gasteiger partial charge in [-0.15, -0.1) is 11.3 Å². The summed E-state index contributed by atoms with van der Waals surface area (Å²) in [5, 5.41) is 2.50. The quantitative estimate of drug-likeness (QED) is 0.806. The molecule has 0 spiro atoms. The lowest BCUT2D eigenvalue weighted by molar-refractivity contribution is -0.136. The van der Waals surface area contributed by atoms with Crippen LogP contribution in [0.1, 0.15) is 44.5 Å². The van der Waals surface area contributed by atoms with Crippen LogP contribution in [-0.4, -0.2) is 39.8 Å². The van der Waals surface area contributed by atoms with E-state index in [2.05, 4.69) is 30.7 Å². The summed E-state index contributed by atoms with van der Waals surface area (Å²) >= 11 is 1.42. The fourth-order valence-electron chi connectivity index (χ4n) is 3.37. The number of carbonyl (C=O) groups excluding carboxylic acids is 2. The van der Waals surface area contributed by atoms with Crippen LogP contribution in [-0.2, 0) is 28.0 Å². The third-order valence-electron chi connectivity index (χ3n) is 4.81. The van der Waals surface area contributed by atoms with Crippen molar-refractivity contribution in [1.29, 1.82) is 0 Å². The predicted octanol–water partition coefficient (Wildman–Crippen LogP) is 2.37. The van der Waals surface area contributed by atoms with Crippen molar-refractivity contribution < 1.29 is 14.0 Å². The third kappa shape index (κ3) is 3.02. The van der Waals surface area contributed by atoms with Crippen molar-refractivity contribution in [2.24, 2.45) is 5.92 Å². The normalized spacial score (nSPS) is 20.6. The molecule has 1 atom stereocenters. The van der Waals surface area contributed by atoms with E-state index in [-0.39, 0.29) is 29.6 Å². The highest BCUT2D eigenvalue weighted by molar-refractivity contribution is 7.13. The zero-order valence-electron chi connectivity index (χ0n) is 15.2. The monoisotopic (exact) mass is 374 g/mol. The summed E-state index contributed by atoms with van der Waals surface area (Å²) < 4.78 is 5.89. The summed E-state index contributed by atoms with van der Waals surface area (Å²) in [5.74, 6) is 1.26. The third-order valence-corrected chi connectivity index (χ3v) is 5.60. The Morgan fingerprint density at radius 3 is 2.88 bits per heavy atom. The first-order valence-corrected chi connectivity index (χ1v) is 9.68. The number of aromatic nitrogens is 2. The largest absolute Gasteiger partial charge is 0.445 e. The van der Waals surface area contributed by atoms with Crippen molar-refractivity contribution in [3.63, 3.8) is 0 Å². The standard InChI is InChI=1S/C18H22N4O3S/c1-18(2,3)16-20-12-10-21(6-4-13(12)25-16)15(24)11-8-14(23)22(9-11)17-19-5-7-26-17/h5,7,11H,4,6,8-10H2,1-3H3. The molecule has 2 aromatic heterocycles. The average Bonchev–Trinajstić information content (AvgIpc) is 3.31. The van der Waals surface area contributed by atoms with Gasteiger partial charge in [0, 0.05) is 42.9 Å². The molecule has 2 aliphatic heterocycles. The molecular weight excluding hydrogens is 352 g/mol. The molecule has 2 aliphatic rings. The van der Waals surface area contributed by atoms with Crippen molar-refractivity contribution in [2.75, 3.05) is 18.0 Å². The summed E-state index contributed by atoms with van der Waals surface area (Å²) in [6.45, 7) is 7.64. The number of thiazole rings is 1.